The number of hydrogen-bond donors (Lipinski definition) is 2. The van der Waals surface area contributed by atoms with Gasteiger partial charge in [-0.05, 0) is 25.3 Å². The first kappa shape index (κ1) is 9.68. The van der Waals surface area contributed by atoms with Crippen LogP contribution in [0.1, 0.15) is 6.92 Å². The van der Waals surface area contributed by atoms with Crippen LogP contribution in [-0.4, -0.2) is 5.91 Å². The first-order chi connectivity index (χ1) is 5.09. The molecule has 3 nitrogen and oxygen atoms in total. The van der Waals surface area contributed by atoms with Gasteiger partial charge in [-0.15, -0.1) is 0 Å². The van der Waals surface area contributed by atoms with Gasteiger partial charge in [0.05, 0.1) is 5.92 Å². The monoisotopic (exact) mass is 158 g/mol. The molecule has 0 spiro atoms. The Morgan fingerprint density at radius 1 is 1.64 bits per heavy atom. The molecule has 0 rings (SSSR count). The zero-order valence-electron chi connectivity index (χ0n) is 6.25. The second kappa shape index (κ2) is 4.49. The molecule has 0 saturated heterocycles. The maximum Gasteiger partial charge on any atom is 0.227 e. The summed E-state index contributed by atoms with van der Waals surface area (Å²) in [5, 5.41) is 0. The van der Waals surface area contributed by atoms with E-state index in [0.717, 1.165) is 6.08 Å². The van der Waals surface area contributed by atoms with E-state index in [1.807, 2.05) is 0 Å². The van der Waals surface area contributed by atoms with Crippen LogP contribution in [0.5, 0.6) is 0 Å². The van der Waals surface area contributed by atoms with Crippen molar-refractivity contribution < 1.29 is 9.18 Å². The van der Waals surface area contributed by atoms with Crippen LogP contribution in [-0.2, 0) is 4.79 Å². The number of nitrogens with two attached hydrogens (primary N) is 2. The molecule has 0 bridgehead atoms. The Morgan fingerprint density at radius 3 is 2.55 bits per heavy atom. The summed E-state index contributed by atoms with van der Waals surface area (Å²) in [5.74, 6) is -2.16. The summed E-state index contributed by atoms with van der Waals surface area (Å²) in [7, 11) is 0. The smallest absolute Gasteiger partial charge is 0.227 e. The van der Waals surface area contributed by atoms with Crippen molar-refractivity contribution in [3.8, 4) is 0 Å². The van der Waals surface area contributed by atoms with E-state index < -0.39 is 17.7 Å². The van der Waals surface area contributed by atoms with E-state index in [1.165, 1.54) is 19.2 Å². The van der Waals surface area contributed by atoms with Crippen molar-refractivity contribution >= 4 is 5.91 Å². The van der Waals surface area contributed by atoms with Crippen LogP contribution in [0.4, 0.5) is 4.39 Å². The van der Waals surface area contributed by atoms with Gasteiger partial charge in [0, 0.05) is 0 Å². The summed E-state index contributed by atoms with van der Waals surface area (Å²) in [4.78, 5) is 10.4. The number of halogens is 1. The lowest BCUT2D eigenvalue weighted by Gasteiger charge is -2.01. The van der Waals surface area contributed by atoms with Gasteiger partial charge >= 0.3 is 0 Å². The highest BCUT2D eigenvalue weighted by Gasteiger charge is 2.12. The van der Waals surface area contributed by atoms with E-state index in [9.17, 15) is 9.18 Å². The van der Waals surface area contributed by atoms with Gasteiger partial charge in [0.25, 0.3) is 0 Å². The number of carbonyl (C=O) groups excluding carboxylic acids is 1. The molecular formula is C7H11FN2O. The number of allylic oxidation sites excluding steroid dienone is 2. The summed E-state index contributed by atoms with van der Waals surface area (Å²) >= 11 is 0. The molecule has 0 heterocycles. The van der Waals surface area contributed by atoms with Crippen LogP contribution in [0, 0.1) is 5.92 Å². The molecule has 62 valence electrons. The molecule has 4 N–H and O–H groups in total. The summed E-state index contributed by atoms with van der Waals surface area (Å²) < 4.78 is 12.7. The lowest BCUT2D eigenvalue weighted by molar-refractivity contribution is -0.120. The lowest BCUT2D eigenvalue weighted by atomic mass is 10.1. The fraction of sp³-hybridized carbons (Fsp3) is 0.286. The Bertz CT molecular complexity index is 199. The topological polar surface area (TPSA) is 69.1 Å². The molecule has 1 atom stereocenters. The maximum atomic E-state index is 12.7. The molecule has 1 unspecified atom stereocenters. The van der Waals surface area contributed by atoms with Gasteiger partial charge in [-0.3, -0.25) is 4.79 Å². The van der Waals surface area contributed by atoms with Crippen LogP contribution < -0.4 is 11.5 Å². The van der Waals surface area contributed by atoms with Crippen molar-refractivity contribution in [1.29, 1.82) is 0 Å². The minimum atomic E-state index is -0.883. The lowest BCUT2D eigenvalue weighted by Crippen LogP contribution is -2.20. The minimum Gasteiger partial charge on any atom is -0.405 e. The third-order valence-corrected chi connectivity index (χ3v) is 1.21. The number of rotatable bonds is 3. The van der Waals surface area contributed by atoms with Crippen LogP contribution in [0.15, 0.2) is 24.2 Å². The zero-order valence-corrected chi connectivity index (χ0v) is 6.25. The predicted octanol–water partition coefficient (Wildman–Crippen LogP) is 0.434. The standard InChI is InChI=1S/C7H11FN2O/c1-5(7(10)11)6(8)3-2-4-9/h2-5H,9H2,1H3,(H2,10,11)/b4-2-,6-3+. The number of hydrogen-bond acceptors (Lipinski definition) is 2. The third kappa shape index (κ3) is 3.40. The van der Waals surface area contributed by atoms with E-state index >= 15 is 0 Å². The van der Waals surface area contributed by atoms with Crippen molar-refractivity contribution in [3.63, 3.8) is 0 Å². The van der Waals surface area contributed by atoms with Crippen molar-refractivity contribution in [2.45, 2.75) is 6.92 Å². The van der Waals surface area contributed by atoms with E-state index in [0.29, 0.717) is 0 Å². The van der Waals surface area contributed by atoms with E-state index in [4.69, 9.17) is 11.5 Å². The van der Waals surface area contributed by atoms with Gasteiger partial charge in [0.1, 0.15) is 5.83 Å². The van der Waals surface area contributed by atoms with E-state index in [2.05, 4.69) is 0 Å². The molecule has 0 aliphatic carbocycles. The Hall–Kier alpha value is -1.32. The molecule has 0 aliphatic rings. The fourth-order valence-corrected chi connectivity index (χ4v) is 0.428. The molecule has 0 aromatic heterocycles. The van der Waals surface area contributed by atoms with Gasteiger partial charge in [0.15, 0.2) is 0 Å². The average molecular weight is 158 g/mol. The molecule has 11 heavy (non-hydrogen) atoms. The van der Waals surface area contributed by atoms with Crippen molar-refractivity contribution in [2.24, 2.45) is 17.4 Å². The van der Waals surface area contributed by atoms with Gasteiger partial charge in [-0.25, -0.2) is 4.39 Å². The van der Waals surface area contributed by atoms with Gasteiger partial charge < -0.3 is 11.5 Å². The first-order valence-corrected chi connectivity index (χ1v) is 3.13. The highest BCUT2D eigenvalue weighted by Crippen LogP contribution is 2.10. The largest absolute Gasteiger partial charge is 0.405 e. The predicted molar refractivity (Wildman–Crippen MR) is 40.9 cm³/mol. The van der Waals surface area contributed by atoms with Gasteiger partial charge in [-0.2, -0.15) is 0 Å². The van der Waals surface area contributed by atoms with Gasteiger partial charge in [0.2, 0.25) is 5.91 Å². The number of primary amides is 1. The maximum absolute atomic E-state index is 12.7. The third-order valence-electron chi connectivity index (χ3n) is 1.21. The Kier molecular flexibility index (Phi) is 3.95. The Balaban J connectivity index is 4.22. The van der Waals surface area contributed by atoms with Crippen LogP contribution in [0.2, 0.25) is 0 Å². The number of carbonyl (C=O) groups is 1. The molecule has 0 radical (unpaired) electrons. The Morgan fingerprint density at radius 2 is 2.18 bits per heavy atom. The second-order valence-electron chi connectivity index (χ2n) is 2.06. The fourth-order valence-electron chi connectivity index (χ4n) is 0.428. The molecule has 4 heteroatoms. The van der Waals surface area contributed by atoms with Crippen molar-refractivity contribution in [3.05, 3.63) is 24.2 Å². The summed E-state index contributed by atoms with van der Waals surface area (Å²) in [5.41, 5.74) is 9.78. The van der Waals surface area contributed by atoms with Crippen LogP contribution >= 0.6 is 0 Å². The number of amides is 1. The molecular weight excluding hydrogens is 147 g/mol. The Labute approximate surface area is 64.6 Å². The quantitative estimate of drug-likeness (QED) is 0.585. The normalized spacial score (nSPS) is 15.3. The first-order valence-electron chi connectivity index (χ1n) is 3.13. The summed E-state index contributed by atoms with van der Waals surface area (Å²) in [6.07, 6.45) is 3.58. The zero-order chi connectivity index (χ0) is 8.85. The van der Waals surface area contributed by atoms with Crippen LogP contribution in [0.25, 0.3) is 0 Å². The molecule has 0 aromatic carbocycles. The average Bonchev–Trinajstić information content (AvgIpc) is 1.98. The van der Waals surface area contributed by atoms with E-state index in [-0.39, 0.29) is 0 Å². The SMILES string of the molecule is CC(C(N)=O)/C(F)=C\C=C/N. The van der Waals surface area contributed by atoms with Crippen molar-refractivity contribution in [1.82, 2.24) is 0 Å². The highest BCUT2D eigenvalue weighted by molar-refractivity contribution is 5.78. The molecule has 0 aliphatic heterocycles. The molecule has 0 saturated carbocycles. The molecule has 0 aromatic rings. The summed E-state index contributed by atoms with van der Waals surface area (Å²) in [6, 6.07) is 0. The van der Waals surface area contributed by atoms with Crippen molar-refractivity contribution in [2.75, 3.05) is 0 Å². The summed E-state index contributed by atoms with van der Waals surface area (Å²) in [6.45, 7) is 1.39. The molecule has 0 fully saturated rings. The van der Waals surface area contributed by atoms with Crippen LogP contribution in [0.3, 0.4) is 0 Å². The molecule has 1 amide bonds. The minimum absolute atomic E-state index is 0.584. The van der Waals surface area contributed by atoms with E-state index in [1.54, 1.807) is 0 Å². The highest BCUT2D eigenvalue weighted by atomic mass is 19.1. The second-order valence-corrected chi connectivity index (χ2v) is 2.06. The van der Waals surface area contributed by atoms with Gasteiger partial charge in [-0.1, -0.05) is 0 Å².